The van der Waals surface area contributed by atoms with E-state index in [0.29, 0.717) is 31.1 Å². The third-order valence-corrected chi connectivity index (χ3v) is 6.43. The van der Waals surface area contributed by atoms with Crippen molar-refractivity contribution in [2.75, 3.05) is 41.4 Å². The van der Waals surface area contributed by atoms with Gasteiger partial charge < -0.3 is 23.8 Å². The molecule has 1 aliphatic rings. The zero-order valence-corrected chi connectivity index (χ0v) is 19.7. The maximum absolute atomic E-state index is 13.1. The number of benzene rings is 2. The third kappa shape index (κ3) is 4.67. The molecule has 1 aromatic heterocycles. The van der Waals surface area contributed by atoms with Crippen molar-refractivity contribution in [3.63, 3.8) is 0 Å². The number of ether oxygens (including phenoxy) is 2. The van der Waals surface area contributed by atoms with Crippen LogP contribution in [0, 0.1) is 0 Å². The summed E-state index contributed by atoms with van der Waals surface area (Å²) in [6.07, 6.45) is 3.26. The molecule has 7 heteroatoms. The van der Waals surface area contributed by atoms with Crippen LogP contribution in [0.25, 0.3) is 10.9 Å². The smallest absolute Gasteiger partial charge is 0.241 e. The van der Waals surface area contributed by atoms with Gasteiger partial charge >= 0.3 is 0 Å². The summed E-state index contributed by atoms with van der Waals surface area (Å²) in [5.74, 6) is 1.77. The quantitative estimate of drug-likeness (QED) is 0.555. The normalized spacial score (nSPS) is 15.6. The minimum atomic E-state index is 0.0535. The van der Waals surface area contributed by atoms with E-state index in [1.807, 2.05) is 39.8 Å². The van der Waals surface area contributed by atoms with E-state index in [1.54, 1.807) is 33.2 Å². The summed E-state index contributed by atoms with van der Waals surface area (Å²) in [6.45, 7) is 1.69. The average Bonchev–Trinajstić information content (AvgIpc) is 3.44. The Kier molecular flexibility index (Phi) is 6.58. The zero-order chi connectivity index (χ0) is 23.5. The molecule has 1 saturated heterocycles. The predicted molar refractivity (Wildman–Crippen MR) is 128 cm³/mol. The van der Waals surface area contributed by atoms with Gasteiger partial charge in [-0.05, 0) is 36.2 Å². The van der Waals surface area contributed by atoms with Crippen LogP contribution < -0.4 is 9.47 Å². The fraction of sp³-hybridized carbons (Fsp3) is 0.385. The topological polar surface area (TPSA) is 64.0 Å². The summed E-state index contributed by atoms with van der Waals surface area (Å²) in [5, 5.41) is 1.15. The van der Waals surface area contributed by atoms with Crippen molar-refractivity contribution in [3.05, 3.63) is 59.8 Å². The first-order valence-corrected chi connectivity index (χ1v) is 11.2. The van der Waals surface area contributed by atoms with Crippen LogP contribution in [0.3, 0.4) is 0 Å². The summed E-state index contributed by atoms with van der Waals surface area (Å²) in [4.78, 5) is 29.0. The second-order valence-corrected chi connectivity index (χ2v) is 8.70. The molecule has 0 N–H and O–H groups in total. The van der Waals surface area contributed by atoms with Gasteiger partial charge in [-0.2, -0.15) is 0 Å². The summed E-state index contributed by atoms with van der Waals surface area (Å²) in [6, 6.07) is 13.7. The number of carbonyl (C=O) groups excluding carboxylic acids is 2. The molecule has 3 aromatic rings. The summed E-state index contributed by atoms with van der Waals surface area (Å²) in [7, 11) is 6.76. The van der Waals surface area contributed by atoms with E-state index in [4.69, 9.17) is 9.47 Å². The number of fused-ring (bicyclic) bond motifs is 1. The van der Waals surface area contributed by atoms with Gasteiger partial charge in [0.15, 0.2) is 0 Å². The van der Waals surface area contributed by atoms with E-state index in [2.05, 4.69) is 18.3 Å². The van der Waals surface area contributed by atoms with Gasteiger partial charge in [0.1, 0.15) is 18.0 Å². The van der Waals surface area contributed by atoms with Gasteiger partial charge in [0.25, 0.3) is 0 Å². The number of hydrogen-bond acceptors (Lipinski definition) is 4. The van der Waals surface area contributed by atoms with Crippen LogP contribution in [-0.2, 0) is 22.6 Å². The molecule has 0 bridgehead atoms. The molecule has 1 atom stereocenters. The Balaban J connectivity index is 1.52. The highest BCUT2D eigenvalue weighted by Crippen LogP contribution is 2.34. The Hall–Kier alpha value is -3.48. The lowest BCUT2D eigenvalue weighted by Gasteiger charge is -2.18. The van der Waals surface area contributed by atoms with E-state index < -0.39 is 0 Å². The highest BCUT2D eigenvalue weighted by Gasteiger charge is 2.30. The molecule has 1 fully saturated rings. The van der Waals surface area contributed by atoms with Crippen LogP contribution in [0.4, 0.5) is 0 Å². The van der Waals surface area contributed by atoms with E-state index >= 15 is 0 Å². The molecular formula is C26H31N3O4. The van der Waals surface area contributed by atoms with Crippen LogP contribution in [0.1, 0.15) is 23.5 Å². The minimum absolute atomic E-state index is 0.0535. The first-order valence-electron chi connectivity index (χ1n) is 11.2. The number of rotatable bonds is 7. The third-order valence-electron chi connectivity index (χ3n) is 6.43. The molecular weight excluding hydrogens is 418 g/mol. The number of likely N-dealkylation sites (N-methyl/N-ethyl adjacent to an activating group) is 1. The monoisotopic (exact) mass is 449 g/mol. The van der Waals surface area contributed by atoms with Gasteiger partial charge in [0, 0.05) is 55.8 Å². The Morgan fingerprint density at radius 3 is 2.61 bits per heavy atom. The fourth-order valence-electron chi connectivity index (χ4n) is 4.55. The number of nitrogens with zero attached hydrogens (tertiary/aromatic N) is 3. The van der Waals surface area contributed by atoms with Crippen LogP contribution in [0.5, 0.6) is 11.5 Å². The fourth-order valence-corrected chi connectivity index (χ4v) is 4.55. The van der Waals surface area contributed by atoms with Gasteiger partial charge in [-0.3, -0.25) is 9.59 Å². The van der Waals surface area contributed by atoms with Crippen LogP contribution in [0.15, 0.2) is 48.7 Å². The van der Waals surface area contributed by atoms with Crippen LogP contribution in [-0.4, -0.2) is 67.6 Å². The lowest BCUT2D eigenvalue weighted by atomic mass is 9.98. The molecule has 1 unspecified atom stereocenters. The highest BCUT2D eigenvalue weighted by atomic mass is 16.5. The molecule has 0 radical (unpaired) electrons. The van der Waals surface area contributed by atoms with Crippen LogP contribution >= 0.6 is 0 Å². The molecule has 2 heterocycles. The predicted octanol–water partition coefficient (Wildman–Crippen LogP) is 3.31. The lowest BCUT2D eigenvalue weighted by Crippen LogP contribution is -2.30. The van der Waals surface area contributed by atoms with Gasteiger partial charge in [-0.25, -0.2) is 0 Å². The Morgan fingerprint density at radius 1 is 1.09 bits per heavy atom. The van der Waals surface area contributed by atoms with Gasteiger partial charge in [0.2, 0.25) is 11.8 Å². The van der Waals surface area contributed by atoms with Crippen molar-refractivity contribution in [2.45, 2.75) is 25.3 Å². The van der Waals surface area contributed by atoms with Crippen molar-refractivity contribution in [2.24, 2.45) is 0 Å². The first-order chi connectivity index (χ1) is 15.9. The van der Waals surface area contributed by atoms with Gasteiger partial charge in [0.05, 0.1) is 20.6 Å². The van der Waals surface area contributed by atoms with E-state index in [-0.39, 0.29) is 24.2 Å². The van der Waals surface area contributed by atoms with Crippen molar-refractivity contribution in [1.82, 2.24) is 14.4 Å². The molecule has 174 valence electrons. The number of hydrogen-bond donors (Lipinski definition) is 0. The van der Waals surface area contributed by atoms with Gasteiger partial charge in [-0.15, -0.1) is 0 Å². The molecule has 2 aromatic carbocycles. The molecule has 7 nitrogen and oxygen atoms in total. The second-order valence-electron chi connectivity index (χ2n) is 8.70. The molecule has 33 heavy (non-hydrogen) atoms. The molecule has 0 spiro atoms. The second kappa shape index (κ2) is 9.57. The summed E-state index contributed by atoms with van der Waals surface area (Å²) >= 11 is 0. The van der Waals surface area contributed by atoms with Crippen LogP contribution in [0.2, 0.25) is 0 Å². The minimum Gasteiger partial charge on any atom is -0.497 e. The summed E-state index contributed by atoms with van der Waals surface area (Å²) < 4.78 is 12.8. The Bertz CT molecular complexity index is 1170. The number of amides is 2. The standard InChI is InChI=1S/C26H31N3O4/c1-27(2)26(31)17-29-16-22(21-7-5-6-8-23(21)29)18-11-12-28(15-18)25(30)14-19-13-20(32-3)9-10-24(19)33-4/h5-10,13,16,18H,11-12,14-15,17H2,1-4H3. The molecule has 0 aliphatic carbocycles. The largest absolute Gasteiger partial charge is 0.497 e. The Labute approximate surface area is 194 Å². The average molecular weight is 450 g/mol. The van der Waals surface area contributed by atoms with Gasteiger partial charge in [-0.1, -0.05) is 18.2 Å². The number of carbonyl (C=O) groups is 2. The molecule has 2 amide bonds. The lowest BCUT2D eigenvalue weighted by molar-refractivity contribution is -0.130. The number of likely N-dealkylation sites (tertiary alicyclic amines) is 1. The highest BCUT2D eigenvalue weighted by molar-refractivity contribution is 5.87. The molecule has 1 aliphatic heterocycles. The number of methoxy groups -OCH3 is 2. The number of para-hydroxylation sites is 1. The Morgan fingerprint density at radius 2 is 1.88 bits per heavy atom. The van der Waals surface area contributed by atoms with Crippen molar-refractivity contribution < 1.29 is 19.1 Å². The number of aromatic nitrogens is 1. The zero-order valence-electron chi connectivity index (χ0n) is 19.7. The SMILES string of the molecule is COc1ccc(OC)c(CC(=O)N2CCC(c3cn(CC(=O)N(C)C)c4ccccc34)C2)c1. The maximum atomic E-state index is 13.1. The van der Waals surface area contributed by atoms with E-state index in [1.165, 1.54) is 5.56 Å². The van der Waals surface area contributed by atoms with Crippen molar-refractivity contribution in [1.29, 1.82) is 0 Å². The van der Waals surface area contributed by atoms with Crippen molar-refractivity contribution >= 4 is 22.7 Å². The van der Waals surface area contributed by atoms with Crippen molar-refractivity contribution in [3.8, 4) is 11.5 Å². The molecule has 4 rings (SSSR count). The maximum Gasteiger partial charge on any atom is 0.241 e. The first kappa shape index (κ1) is 22.7. The molecule has 0 saturated carbocycles. The van der Waals surface area contributed by atoms with E-state index in [0.717, 1.165) is 22.9 Å². The summed E-state index contributed by atoms with van der Waals surface area (Å²) in [5.41, 5.74) is 3.07. The van der Waals surface area contributed by atoms with E-state index in [9.17, 15) is 9.59 Å².